The molecule has 0 amide bonds. The van der Waals surface area contributed by atoms with Crippen LogP contribution in [0.4, 0.5) is 0 Å². The lowest BCUT2D eigenvalue weighted by Gasteiger charge is -2.21. The number of aromatic amines is 1. The van der Waals surface area contributed by atoms with E-state index in [1.54, 1.807) is 0 Å². The number of hydrogen-bond acceptors (Lipinski definition) is 5. The summed E-state index contributed by atoms with van der Waals surface area (Å²) in [4.78, 5) is 4.01. The Morgan fingerprint density at radius 3 is 3.13 bits per heavy atom. The number of nitrogens with zero attached hydrogens (tertiary/aromatic N) is 3. The summed E-state index contributed by atoms with van der Waals surface area (Å²) in [6.07, 6.45) is 3.84. The van der Waals surface area contributed by atoms with Crippen LogP contribution in [0.15, 0.2) is 11.5 Å². The summed E-state index contributed by atoms with van der Waals surface area (Å²) < 4.78 is 0. The average Bonchev–Trinajstić information content (AvgIpc) is 2.88. The van der Waals surface area contributed by atoms with Crippen LogP contribution in [0, 0.1) is 11.3 Å². The van der Waals surface area contributed by atoms with E-state index in [1.165, 1.54) is 30.9 Å². The van der Waals surface area contributed by atoms with Crippen molar-refractivity contribution in [3.63, 3.8) is 0 Å². The van der Waals surface area contributed by atoms with Crippen molar-refractivity contribution >= 4 is 11.8 Å². The first-order valence-electron chi connectivity index (χ1n) is 4.89. The van der Waals surface area contributed by atoms with Gasteiger partial charge >= 0.3 is 0 Å². The second-order valence-electron chi connectivity index (χ2n) is 3.94. The molecule has 1 unspecified atom stereocenters. The molecule has 0 aromatic carbocycles. The van der Waals surface area contributed by atoms with E-state index in [0.717, 1.165) is 5.16 Å². The van der Waals surface area contributed by atoms with Crippen molar-refractivity contribution in [1.29, 1.82) is 5.26 Å². The van der Waals surface area contributed by atoms with Crippen LogP contribution in [0.3, 0.4) is 0 Å². The highest BCUT2D eigenvalue weighted by atomic mass is 32.2. The van der Waals surface area contributed by atoms with Crippen molar-refractivity contribution in [3.05, 3.63) is 6.33 Å². The minimum absolute atomic E-state index is 0.474. The van der Waals surface area contributed by atoms with Crippen LogP contribution >= 0.6 is 11.8 Å². The molecule has 0 radical (unpaired) electrons. The minimum atomic E-state index is -0.474. The van der Waals surface area contributed by atoms with Gasteiger partial charge in [-0.3, -0.25) is 10.4 Å². The molecule has 5 nitrogen and oxygen atoms in total. The van der Waals surface area contributed by atoms with E-state index in [9.17, 15) is 0 Å². The van der Waals surface area contributed by atoms with Crippen LogP contribution in [0.25, 0.3) is 0 Å². The van der Waals surface area contributed by atoms with Gasteiger partial charge in [0.2, 0.25) is 0 Å². The summed E-state index contributed by atoms with van der Waals surface area (Å²) in [5.74, 6) is 0.676. The van der Waals surface area contributed by atoms with Crippen molar-refractivity contribution in [2.24, 2.45) is 0 Å². The largest absolute Gasteiger partial charge is 0.296 e. The van der Waals surface area contributed by atoms with Gasteiger partial charge in [0, 0.05) is 11.8 Å². The molecule has 1 fully saturated rings. The van der Waals surface area contributed by atoms with E-state index < -0.39 is 5.54 Å². The minimum Gasteiger partial charge on any atom is -0.296 e. The molecule has 2 N–H and O–H groups in total. The lowest BCUT2D eigenvalue weighted by atomic mass is 10.1. The van der Waals surface area contributed by atoms with Crippen molar-refractivity contribution in [2.75, 3.05) is 5.75 Å². The molecule has 0 spiro atoms. The van der Waals surface area contributed by atoms with E-state index in [0.29, 0.717) is 11.8 Å². The molecule has 0 bridgehead atoms. The van der Waals surface area contributed by atoms with E-state index in [2.05, 4.69) is 26.6 Å². The van der Waals surface area contributed by atoms with Crippen LogP contribution in [0.1, 0.15) is 19.8 Å². The number of nitrogens with one attached hydrogen (secondary N) is 2. The van der Waals surface area contributed by atoms with E-state index in [4.69, 9.17) is 5.26 Å². The van der Waals surface area contributed by atoms with Crippen LogP contribution < -0.4 is 5.32 Å². The Kier molecular flexibility index (Phi) is 2.93. The third kappa shape index (κ3) is 2.94. The Morgan fingerprint density at radius 2 is 2.60 bits per heavy atom. The van der Waals surface area contributed by atoms with Crippen LogP contribution in [0.2, 0.25) is 0 Å². The third-order valence-electron chi connectivity index (χ3n) is 2.24. The fourth-order valence-electron chi connectivity index (χ4n) is 1.26. The lowest BCUT2D eigenvalue weighted by Crippen LogP contribution is -2.44. The van der Waals surface area contributed by atoms with Gasteiger partial charge in [-0.2, -0.15) is 10.4 Å². The molecule has 80 valence electrons. The topological polar surface area (TPSA) is 77.4 Å². The summed E-state index contributed by atoms with van der Waals surface area (Å²) in [5.41, 5.74) is -0.474. The highest BCUT2D eigenvalue weighted by molar-refractivity contribution is 7.99. The summed E-state index contributed by atoms with van der Waals surface area (Å²) in [6.45, 7) is 1.93. The van der Waals surface area contributed by atoms with E-state index in [1.807, 2.05) is 6.92 Å². The van der Waals surface area contributed by atoms with Crippen LogP contribution in [-0.2, 0) is 0 Å². The van der Waals surface area contributed by atoms with Crippen molar-refractivity contribution in [1.82, 2.24) is 20.5 Å². The Labute approximate surface area is 92.7 Å². The van der Waals surface area contributed by atoms with Crippen molar-refractivity contribution in [3.8, 4) is 6.07 Å². The average molecular weight is 223 g/mol. The second kappa shape index (κ2) is 4.21. The molecular formula is C9H13N5S. The number of thioether (sulfide) groups is 1. The molecule has 1 aromatic heterocycles. The van der Waals surface area contributed by atoms with Gasteiger partial charge in [0.15, 0.2) is 5.16 Å². The van der Waals surface area contributed by atoms with Gasteiger partial charge in [-0.25, -0.2) is 4.98 Å². The predicted octanol–water partition coefficient (Wildman–Crippen LogP) is 0.931. The summed E-state index contributed by atoms with van der Waals surface area (Å²) >= 11 is 1.51. The molecule has 0 aliphatic heterocycles. The maximum atomic E-state index is 9.12. The highest BCUT2D eigenvalue weighted by Crippen LogP contribution is 2.25. The molecule has 1 heterocycles. The number of aromatic nitrogens is 3. The van der Waals surface area contributed by atoms with Gasteiger partial charge in [-0.05, 0) is 19.8 Å². The number of rotatable bonds is 5. The van der Waals surface area contributed by atoms with Gasteiger partial charge < -0.3 is 0 Å². The smallest absolute Gasteiger partial charge is 0.183 e. The van der Waals surface area contributed by atoms with Crippen LogP contribution in [-0.4, -0.2) is 32.5 Å². The molecule has 1 aliphatic rings. The van der Waals surface area contributed by atoms with Crippen LogP contribution in [0.5, 0.6) is 0 Å². The summed E-state index contributed by atoms with van der Waals surface area (Å²) in [7, 11) is 0. The Hall–Kier alpha value is -1.06. The maximum Gasteiger partial charge on any atom is 0.183 e. The molecule has 2 rings (SSSR count). The molecule has 15 heavy (non-hydrogen) atoms. The van der Waals surface area contributed by atoms with Gasteiger partial charge in [0.05, 0.1) is 6.07 Å². The molecule has 6 heteroatoms. The number of nitriles is 1. The zero-order valence-electron chi connectivity index (χ0n) is 8.53. The van der Waals surface area contributed by atoms with Gasteiger partial charge in [-0.1, -0.05) is 11.8 Å². The van der Waals surface area contributed by atoms with Crippen molar-refractivity contribution in [2.45, 2.75) is 36.5 Å². The number of hydrogen-bond donors (Lipinski definition) is 2. The molecule has 1 atom stereocenters. The van der Waals surface area contributed by atoms with Gasteiger partial charge in [0.25, 0.3) is 0 Å². The highest BCUT2D eigenvalue weighted by Gasteiger charge is 2.32. The fourth-order valence-corrected chi connectivity index (χ4v) is 2.07. The molecule has 1 aromatic rings. The zero-order chi connectivity index (χ0) is 10.7. The van der Waals surface area contributed by atoms with E-state index >= 15 is 0 Å². The molecule has 0 saturated heterocycles. The Bertz CT molecular complexity index is 353. The predicted molar refractivity (Wildman–Crippen MR) is 57.3 cm³/mol. The Balaban J connectivity index is 1.87. The normalized spacial score (nSPS) is 19.5. The first-order chi connectivity index (χ1) is 7.22. The second-order valence-corrected chi connectivity index (χ2v) is 4.91. The first kappa shape index (κ1) is 10.5. The molecule has 1 saturated carbocycles. The van der Waals surface area contributed by atoms with Crippen molar-refractivity contribution < 1.29 is 0 Å². The molecular weight excluding hydrogens is 210 g/mol. The summed E-state index contributed by atoms with van der Waals surface area (Å²) in [5, 5.41) is 19.7. The quantitative estimate of drug-likeness (QED) is 0.726. The first-order valence-corrected chi connectivity index (χ1v) is 5.87. The SMILES string of the molecule is CC(C#N)(CSc1ncn[nH]1)NC1CC1. The van der Waals surface area contributed by atoms with Gasteiger partial charge in [0.1, 0.15) is 11.9 Å². The molecule has 1 aliphatic carbocycles. The Morgan fingerprint density at radius 1 is 1.80 bits per heavy atom. The zero-order valence-corrected chi connectivity index (χ0v) is 9.34. The third-order valence-corrected chi connectivity index (χ3v) is 3.43. The monoisotopic (exact) mass is 223 g/mol. The summed E-state index contributed by atoms with van der Waals surface area (Å²) in [6, 6.07) is 2.85. The fraction of sp³-hybridized carbons (Fsp3) is 0.667. The maximum absolute atomic E-state index is 9.12. The van der Waals surface area contributed by atoms with E-state index in [-0.39, 0.29) is 0 Å². The van der Waals surface area contributed by atoms with Gasteiger partial charge in [-0.15, -0.1) is 0 Å². The number of H-pyrrole nitrogens is 1. The lowest BCUT2D eigenvalue weighted by molar-refractivity contribution is 0.490. The standard InChI is InChI=1S/C9H13N5S/c1-9(4-10,13-7-2-3-7)5-15-8-11-6-12-14-8/h6-7,13H,2-3,5H2,1H3,(H,11,12,14).